The van der Waals surface area contributed by atoms with Crippen LogP contribution in [0.1, 0.15) is 23.3 Å². The predicted octanol–water partition coefficient (Wildman–Crippen LogP) is 2.59. The Morgan fingerprint density at radius 3 is 2.07 bits per heavy atom. The molecule has 0 N–H and O–H groups in total. The molecule has 7 nitrogen and oxygen atoms in total. The summed E-state index contributed by atoms with van der Waals surface area (Å²) in [6, 6.07) is 15.7. The van der Waals surface area contributed by atoms with Gasteiger partial charge >= 0.3 is 0 Å². The molecule has 0 saturated carbocycles. The predicted molar refractivity (Wildman–Crippen MR) is 113 cm³/mol. The van der Waals surface area contributed by atoms with Gasteiger partial charge in [-0.05, 0) is 37.1 Å². The number of piperazine rings is 1. The van der Waals surface area contributed by atoms with Crippen molar-refractivity contribution in [1.82, 2.24) is 20.1 Å². The lowest BCUT2D eigenvalue weighted by molar-refractivity contribution is 0.0741. The van der Waals surface area contributed by atoms with Crippen LogP contribution in [-0.2, 0) is 0 Å². The molecule has 0 bridgehead atoms. The molecule has 29 heavy (non-hydrogen) atoms. The number of para-hydroxylation sites is 1. The van der Waals surface area contributed by atoms with E-state index in [1.807, 2.05) is 47.4 Å². The van der Waals surface area contributed by atoms with E-state index in [0.29, 0.717) is 18.8 Å². The first-order valence-electron chi connectivity index (χ1n) is 10.3. The van der Waals surface area contributed by atoms with Crippen molar-refractivity contribution in [3.8, 4) is 0 Å². The SMILES string of the molecule is O=C(c1ccc2ccccc2n1)N1CCN(c2ccc(N3CCCC3)nn2)CC1. The molecule has 1 amide bonds. The Kier molecular flexibility index (Phi) is 4.71. The number of anilines is 2. The van der Waals surface area contributed by atoms with Crippen LogP contribution in [0.4, 0.5) is 11.6 Å². The minimum atomic E-state index is -0.00846. The Hall–Kier alpha value is -3.22. The Balaban J connectivity index is 1.23. The summed E-state index contributed by atoms with van der Waals surface area (Å²) in [5, 5.41) is 9.88. The van der Waals surface area contributed by atoms with Gasteiger partial charge in [-0.25, -0.2) is 4.98 Å². The average Bonchev–Trinajstić information content (AvgIpc) is 3.33. The fourth-order valence-corrected chi connectivity index (χ4v) is 4.09. The zero-order valence-corrected chi connectivity index (χ0v) is 16.4. The number of rotatable bonds is 3. The van der Waals surface area contributed by atoms with E-state index >= 15 is 0 Å². The van der Waals surface area contributed by atoms with Gasteiger partial charge in [0.15, 0.2) is 11.6 Å². The number of nitrogens with zero attached hydrogens (tertiary/aromatic N) is 6. The topological polar surface area (TPSA) is 65.5 Å². The fraction of sp³-hybridized carbons (Fsp3) is 0.364. The van der Waals surface area contributed by atoms with Gasteiger partial charge in [-0.3, -0.25) is 4.79 Å². The number of carbonyl (C=O) groups is 1. The Labute approximate surface area is 170 Å². The summed E-state index contributed by atoms with van der Waals surface area (Å²) in [4.78, 5) is 23.8. The second kappa shape index (κ2) is 7.66. The van der Waals surface area contributed by atoms with Crippen molar-refractivity contribution in [2.75, 3.05) is 49.1 Å². The Morgan fingerprint density at radius 2 is 1.38 bits per heavy atom. The summed E-state index contributed by atoms with van der Waals surface area (Å²) in [7, 11) is 0. The first-order valence-corrected chi connectivity index (χ1v) is 10.3. The van der Waals surface area contributed by atoms with Crippen molar-refractivity contribution in [1.29, 1.82) is 0 Å². The van der Waals surface area contributed by atoms with Gasteiger partial charge in [-0.2, -0.15) is 0 Å². The summed E-state index contributed by atoms with van der Waals surface area (Å²) in [5.74, 6) is 1.83. The maximum Gasteiger partial charge on any atom is 0.272 e. The molecule has 148 valence electrons. The highest BCUT2D eigenvalue weighted by molar-refractivity contribution is 5.95. The van der Waals surface area contributed by atoms with Gasteiger partial charge < -0.3 is 14.7 Å². The summed E-state index contributed by atoms with van der Waals surface area (Å²) >= 11 is 0. The molecule has 2 saturated heterocycles. The van der Waals surface area contributed by atoms with Crippen LogP contribution in [0.2, 0.25) is 0 Å². The molecule has 0 aliphatic carbocycles. The zero-order valence-electron chi connectivity index (χ0n) is 16.4. The molecule has 1 aromatic carbocycles. The van der Waals surface area contributed by atoms with Crippen molar-refractivity contribution < 1.29 is 4.79 Å². The number of hydrogen-bond acceptors (Lipinski definition) is 6. The van der Waals surface area contributed by atoms with Crippen LogP contribution in [0.3, 0.4) is 0 Å². The molecule has 2 aromatic heterocycles. The van der Waals surface area contributed by atoms with Crippen LogP contribution in [0.25, 0.3) is 10.9 Å². The number of aromatic nitrogens is 3. The van der Waals surface area contributed by atoms with Crippen LogP contribution in [0.5, 0.6) is 0 Å². The number of pyridine rings is 1. The lowest BCUT2D eigenvalue weighted by Crippen LogP contribution is -2.49. The van der Waals surface area contributed by atoms with E-state index in [1.54, 1.807) is 0 Å². The minimum absolute atomic E-state index is 0.00846. The maximum absolute atomic E-state index is 12.9. The first-order chi connectivity index (χ1) is 14.3. The van der Waals surface area contributed by atoms with Gasteiger partial charge in [0.2, 0.25) is 0 Å². The van der Waals surface area contributed by atoms with Crippen LogP contribution in [0.15, 0.2) is 48.5 Å². The minimum Gasteiger partial charge on any atom is -0.355 e. The van der Waals surface area contributed by atoms with Crippen LogP contribution >= 0.6 is 0 Å². The quantitative estimate of drug-likeness (QED) is 0.687. The van der Waals surface area contributed by atoms with E-state index in [0.717, 1.165) is 48.7 Å². The summed E-state index contributed by atoms with van der Waals surface area (Å²) < 4.78 is 0. The molecule has 0 unspecified atom stereocenters. The Bertz CT molecular complexity index is 1010. The highest BCUT2D eigenvalue weighted by Crippen LogP contribution is 2.20. The van der Waals surface area contributed by atoms with Crippen LogP contribution in [-0.4, -0.2) is 65.3 Å². The van der Waals surface area contributed by atoms with Crippen molar-refractivity contribution in [3.05, 3.63) is 54.2 Å². The first kappa shape index (κ1) is 17.8. The van der Waals surface area contributed by atoms with E-state index in [4.69, 9.17) is 0 Å². The largest absolute Gasteiger partial charge is 0.355 e. The van der Waals surface area contributed by atoms with E-state index in [1.165, 1.54) is 12.8 Å². The molecule has 2 aliphatic heterocycles. The number of hydrogen-bond donors (Lipinski definition) is 0. The number of fused-ring (bicyclic) bond motifs is 1. The van der Waals surface area contributed by atoms with Crippen LogP contribution in [0, 0.1) is 0 Å². The standard InChI is InChI=1S/C22H24N6O/c29-22(19-8-7-17-5-1-2-6-18(17)23-19)28-15-13-27(14-16-28)21-10-9-20(24-25-21)26-11-3-4-12-26/h1-2,5-10H,3-4,11-16H2. The smallest absolute Gasteiger partial charge is 0.272 e. The monoisotopic (exact) mass is 388 g/mol. The van der Waals surface area contributed by atoms with Gasteiger partial charge in [0, 0.05) is 44.7 Å². The molecular formula is C22H24N6O. The van der Waals surface area contributed by atoms with Gasteiger partial charge in [0.1, 0.15) is 5.69 Å². The molecule has 0 spiro atoms. The lowest BCUT2D eigenvalue weighted by atomic mass is 10.2. The molecule has 4 heterocycles. The average molecular weight is 388 g/mol. The molecule has 2 fully saturated rings. The Morgan fingerprint density at radius 1 is 0.724 bits per heavy atom. The third-order valence-electron chi connectivity index (χ3n) is 5.77. The third kappa shape index (κ3) is 3.60. The summed E-state index contributed by atoms with van der Waals surface area (Å²) in [5.41, 5.74) is 1.36. The van der Waals surface area contributed by atoms with Crippen molar-refractivity contribution >= 4 is 28.4 Å². The van der Waals surface area contributed by atoms with E-state index in [-0.39, 0.29) is 5.91 Å². The summed E-state index contributed by atoms with van der Waals surface area (Å²) in [6.07, 6.45) is 2.46. The fourth-order valence-electron chi connectivity index (χ4n) is 4.09. The third-order valence-corrected chi connectivity index (χ3v) is 5.77. The normalized spacial score (nSPS) is 17.2. The lowest BCUT2D eigenvalue weighted by Gasteiger charge is -2.35. The highest BCUT2D eigenvalue weighted by Gasteiger charge is 2.24. The molecule has 5 rings (SSSR count). The van der Waals surface area contributed by atoms with E-state index in [9.17, 15) is 4.79 Å². The molecule has 3 aromatic rings. The van der Waals surface area contributed by atoms with Gasteiger partial charge in [0.05, 0.1) is 5.52 Å². The van der Waals surface area contributed by atoms with Gasteiger partial charge in [-0.1, -0.05) is 24.3 Å². The van der Waals surface area contributed by atoms with E-state index < -0.39 is 0 Å². The zero-order chi connectivity index (χ0) is 19.6. The van der Waals surface area contributed by atoms with Crippen molar-refractivity contribution in [3.63, 3.8) is 0 Å². The van der Waals surface area contributed by atoms with Crippen molar-refractivity contribution in [2.24, 2.45) is 0 Å². The highest BCUT2D eigenvalue weighted by atomic mass is 16.2. The van der Waals surface area contributed by atoms with E-state index in [2.05, 4.69) is 31.0 Å². The molecular weight excluding hydrogens is 364 g/mol. The number of carbonyl (C=O) groups excluding carboxylic acids is 1. The van der Waals surface area contributed by atoms with Crippen LogP contribution < -0.4 is 9.80 Å². The maximum atomic E-state index is 12.9. The molecule has 0 radical (unpaired) electrons. The number of benzene rings is 1. The van der Waals surface area contributed by atoms with Crippen molar-refractivity contribution in [2.45, 2.75) is 12.8 Å². The summed E-state index contributed by atoms with van der Waals surface area (Å²) in [6.45, 7) is 4.94. The second-order valence-electron chi connectivity index (χ2n) is 7.61. The molecule has 2 aliphatic rings. The second-order valence-corrected chi connectivity index (χ2v) is 7.61. The molecule has 7 heteroatoms. The van der Waals surface area contributed by atoms with Gasteiger partial charge in [-0.15, -0.1) is 10.2 Å². The van der Waals surface area contributed by atoms with Gasteiger partial charge in [0.25, 0.3) is 5.91 Å². The number of amides is 1. The molecule has 0 atom stereocenters.